The molecule has 146 valence electrons. The molecule has 1 aliphatic heterocycles. The molecule has 0 bridgehead atoms. The van der Waals surface area contributed by atoms with Crippen LogP contribution in [0.3, 0.4) is 0 Å². The van der Waals surface area contributed by atoms with E-state index in [0.717, 1.165) is 51.6 Å². The van der Waals surface area contributed by atoms with Crippen LogP contribution in [0.15, 0.2) is 58.3 Å². The summed E-state index contributed by atoms with van der Waals surface area (Å²) in [6, 6.07) is 17.4. The molecular weight excluding hydrogens is 420 g/mol. The van der Waals surface area contributed by atoms with Crippen LogP contribution in [0.4, 0.5) is 5.69 Å². The van der Waals surface area contributed by atoms with Crippen molar-refractivity contribution in [3.63, 3.8) is 0 Å². The lowest BCUT2D eigenvalue weighted by molar-refractivity contribution is 0.591. The van der Waals surface area contributed by atoms with E-state index in [1.807, 2.05) is 36.4 Å². The van der Waals surface area contributed by atoms with Gasteiger partial charge in [0.25, 0.3) is 10.0 Å². The van der Waals surface area contributed by atoms with Crippen LogP contribution in [0.1, 0.15) is 22.4 Å². The summed E-state index contributed by atoms with van der Waals surface area (Å²) in [4.78, 5) is 2.97. The molecule has 0 fully saturated rings. The van der Waals surface area contributed by atoms with Crippen molar-refractivity contribution in [2.75, 3.05) is 16.6 Å². The Labute approximate surface area is 178 Å². The minimum Gasteiger partial charge on any atom is -0.264 e. The molecule has 5 rings (SSSR count). The Balaban J connectivity index is 1.57. The first-order valence-electron chi connectivity index (χ1n) is 9.48. The molecule has 7 heteroatoms. The summed E-state index contributed by atoms with van der Waals surface area (Å²) >= 11 is 3.10. The standard InChI is InChI=1S/C22H18N2O2S3/c23-14-18-6-9-21(28-18)17-5-8-22-20(13-17)24(10-11-27-22)29(25,26)19-7-4-15-2-1-3-16(15)12-19/h4-9,12-13H,1-3,10-11H2. The number of rotatable bonds is 3. The molecule has 3 aromatic rings. The summed E-state index contributed by atoms with van der Waals surface area (Å²) in [5.74, 6) is 0.730. The normalized spacial score (nSPS) is 15.6. The maximum absolute atomic E-state index is 13.5. The van der Waals surface area contributed by atoms with Gasteiger partial charge in [-0.05, 0) is 72.4 Å². The second-order valence-electron chi connectivity index (χ2n) is 7.17. The number of benzene rings is 2. The molecule has 4 nitrogen and oxygen atoms in total. The van der Waals surface area contributed by atoms with Gasteiger partial charge in [0.2, 0.25) is 0 Å². The summed E-state index contributed by atoms with van der Waals surface area (Å²) in [5.41, 5.74) is 4.10. The van der Waals surface area contributed by atoms with Crippen molar-refractivity contribution in [2.24, 2.45) is 0 Å². The molecule has 0 unspecified atom stereocenters. The SMILES string of the molecule is N#Cc1ccc(-c2ccc3c(c2)N(S(=O)(=O)c2ccc4c(c2)CCC4)CCS3)s1. The van der Waals surface area contributed by atoms with Crippen LogP contribution in [0, 0.1) is 11.3 Å². The Hall–Kier alpha value is -2.27. The molecule has 0 saturated carbocycles. The van der Waals surface area contributed by atoms with E-state index in [1.54, 1.807) is 28.2 Å². The van der Waals surface area contributed by atoms with E-state index in [-0.39, 0.29) is 0 Å². The highest BCUT2D eigenvalue weighted by atomic mass is 32.2. The minimum absolute atomic E-state index is 0.379. The van der Waals surface area contributed by atoms with Crippen LogP contribution in [0.2, 0.25) is 0 Å². The molecule has 0 saturated heterocycles. The molecule has 29 heavy (non-hydrogen) atoms. The summed E-state index contributed by atoms with van der Waals surface area (Å²) in [7, 11) is -3.62. The van der Waals surface area contributed by atoms with Crippen molar-refractivity contribution in [1.82, 2.24) is 0 Å². The third-order valence-corrected chi connectivity index (χ3v) is 9.33. The first-order chi connectivity index (χ1) is 14.1. The second-order valence-corrected chi connectivity index (χ2v) is 11.3. The molecular formula is C22H18N2O2S3. The predicted octanol–water partition coefficient (Wildman–Crippen LogP) is 5.08. The zero-order chi connectivity index (χ0) is 20.0. The van der Waals surface area contributed by atoms with Crippen LogP contribution >= 0.6 is 23.1 Å². The Morgan fingerprint density at radius 2 is 1.86 bits per heavy atom. The Morgan fingerprint density at radius 1 is 1.00 bits per heavy atom. The quantitative estimate of drug-likeness (QED) is 0.572. The zero-order valence-corrected chi connectivity index (χ0v) is 18.0. The van der Waals surface area contributed by atoms with Gasteiger partial charge < -0.3 is 0 Å². The molecule has 2 aromatic carbocycles. The highest BCUT2D eigenvalue weighted by molar-refractivity contribution is 8.00. The van der Waals surface area contributed by atoms with Gasteiger partial charge in [0, 0.05) is 22.1 Å². The monoisotopic (exact) mass is 438 g/mol. The van der Waals surface area contributed by atoms with Gasteiger partial charge in [0.1, 0.15) is 10.9 Å². The van der Waals surface area contributed by atoms with Gasteiger partial charge in [-0.1, -0.05) is 12.1 Å². The number of nitriles is 1. The number of aryl methyl sites for hydroxylation is 2. The number of hydrogen-bond acceptors (Lipinski definition) is 5. The Morgan fingerprint density at radius 3 is 2.69 bits per heavy atom. The van der Waals surface area contributed by atoms with Crippen molar-refractivity contribution >= 4 is 38.8 Å². The predicted molar refractivity (Wildman–Crippen MR) is 118 cm³/mol. The number of sulfonamides is 1. The van der Waals surface area contributed by atoms with E-state index in [9.17, 15) is 8.42 Å². The van der Waals surface area contributed by atoms with Gasteiger partial charge in [0.15, 0.2) is 0 Å². The fourth-order valence-electron chi connectivity index (χ4n) is 3.99. The van der Waals surface area contributed by atoms with Gasteiger partial charge in [-0.2, -0.15) is 5.26 Å². The average molecular weight is 439 g/mol. The zero-order valence-electron chi connectivity index (χ0n) is 15.6. The van der Waals surface area contributed by atoms with Crippen molar-refractivity contribution in [3.05, 3.63) is 64.5 Å². The lowest BCUT2D eigenvalue weighted by Gasteiger charge is -2.30. The Kier molecular flexibility index (Phi) is 4.66. The number of hydrogen-bond donors (Lipinski definition) is 0. The molecule has 0 N–H and O–H groups in total. The second kappa shape index (κ2) is 7.21. The van der Waals surface area contributed by atoms with Crippen molar-refractivity contribution in [3.8, 4) is 16.5 Å². The number of anilines is 1. The first-order valence-corrected chi connectivity index (χ1v) is 12.7. The molecule has 0 radical (unpaired) electrons. The average Bonchev–Trinajstić information content (AvgIpc) is 3.41. The van der Waals surface area contributed by atoms with Gasteiger partial charge in [-0.15, -0.1) is 23.1 Å². The molecule has 2 aliphatic rings. The van der Waals surface area contributed by atoms with E-state index in [1.165, 1.54) is 16.9 Å². The number of nitrogens with zero attached hydrogens (tertiary/aromatic N) is 2. The van der Waals surface area contributed by atoms with Crippen LogP contribution in [-0.4, -0.2) is 20.7 Å². The van der Waals surface area contributed by atoms with Crippen LogP contribution in [-0.2, 0) is 22.9 Å². The smallest absolute Gasteiger partial charge is 0.264 e. The molecule has 0 spiro atoms. The van der Waals surface area contributed by atoms with Crippen molar-refractivity contribution in [2.45, 2.75) is 29.1 Å². The summed E-state index contributed by atoms with van der Waals surface area (Å²) in [6.07, 6.45) is 3.08. The lowest BCUT2D eigenvalue weighted by atomic mass is 10.1. The fraction of sp³-hybridized carbons (Fsp3) is 0.227. The highest BCUT2D eigenvalue weighted by Gasteiger charge is 2.30. The van der Waals surface area contributed by atoms with Gasteiger partial charge in [-0.25, -0.2) is 8.42 Å². The number of thioether (sulfide) groups is 1. The van der Waals surface area contributed by atoms with E-state index >= 15 is 0 Å². The largest absolute Gasteiger partial charge is 0.264 e. The maximum atomic E-state index is 13.5. The molecule has 1 aliphatic carbocycles. The molecule has 1 aromatic heterocycles. The molecule has 2 heterocycles. The highest BCUT2D eigenvalue weighted by Crippen LogP contribution is 2.41. The van der Waals surface area contributed by atoms with E-state index < -0.39 is 10.0 Å². The van der Waals surface area contributed by atoms with Gasteiger partial charge >= 0.3 is 0 Å². The number of thiophene rings is 1. The maximum Gasteiger partial charge on any atom is 0.264 e. The van der Waals surface area contributed by atoms with Crippen LogP contribution < -0.4 is 4.31 Å². The topological polar surface area (TPSA) is 61.2 Å². The van der Waals surface area contributed by atoms with Crippen molar-refractivity contribution in [1.29, 1.82) is 5.26 Å². The van der Waals surface area contributed by atoms with E-state index in [4.69, 9.17) is 5.26 Å². The van der Waals surface area contributed by atoms with E-state index in [2.05, 4.69) is 6.07 Å². The third-order valence-electron chi connectivity index (χ3n) is 5.44. The van der Waals surface area contributed by atoms with Gasteiger partial charge in [0.05, 0.1) is 10.6 Å². The van der Waals surface area contributed by atoms with E-state index in [0.29, 0.717) is 16.3 Å². The minimum atomic E-state index is -3.62. The van der Waals surface area contributed by atoms with Gasteiger partial charge in [-0.3, -0.25) is 4.31 Å². The van der Waals surface area contributed by atoms with Crippen LogP contribution in [0.25, 0.3) is 10.4 Å². The molecule has 0 atom stereocenters. The lowest BCUT2D eigenvalue weighted by Crippen LogP contribution is -2.35. The number of fused-ring (bicyclic) bond motifs is 2. The summed E-state index contributed by atoms with van der Waals surface area (Å²) < 4.78 is 28.6. The Bertz CT molecular complexity index is 1260. The fourth-order valence-corrected chi connectivity index (χ4v) is 7.46. The first kappa shape index (κ1) is 18.7. The van der Waals surface area contributed by atoms with Crippen LogP contribution in [0.5, 0.6) is 0 Å². The molecule has 0 amide bonds. The summed E-state index contributed by atoms with van der Waals surface area (Å²) in [6.45, 7) is 0.453. The van der Waals surface area contributed by atoms with Crippen molar-refractivity contribution < 1.29 is 8.42 Å². The third kappa shape index (κ3) is 3.25. The summed E-state index contributed by atoms with van der Waals surface area (Å²) in [5, 5.41) is 9.10.